The molecule has 0 saturated carbocycles. The summed E-state index contributed by atoms with van der Waals surface area (Å²) < 4.78 is 31.5. The van der Waals surface area contributed by atoms with E-state index in [2.05, 4.69) is 11.4 Å². The van der Waals surface area contributed by atoms with Crippen molar-refractivity contribution in [3.63, 3.8) is 0 Å². The third kappa shape index (κ3) is 3.48. The molecule has 0 fully saturated rings. The molecule has 7 rings (SSSR count). The summed E-state index contributed by atoms with van der Waals surface area (Å²) in [5.41, 5.74) is 4.61. The van der Waals surface area contributed by atoms with E-state index in [-0.39, 0.29) is 11.3 Å². The van der Waals surface area contributed by atoms with E-state index in [1.165, 1.54) is 12.1 Å². The predicted molar refractivity (Wildman–Crippen MR) is 144 cm³/mol. The van der Waals surface area contributed by atoms with Gasteiger partial charge in [-0.3, -0.25) is 0 Å². The molecule has 174 valence electrons. The first kappa shape index (κ1) is 21.5. The fourth-order valence-electron chi connectivity index (χ4n) is 4.70. The van der Waals surface area contributed by atoms with Gasteiger partial charge in [0.25, 0.3) is 0 Å². The summed E-state index contributed by atoms with van der Waals surface area (Å²) in [5, 5.41) is 3.42. The minimum absolute atomic E-state index is 0.192. The van der Waals surface area contributed by atoms with E-state index in [0.717, 1.165) is 42.3 Å². The monoisotopic (exact) mass is 508 g/mol. The lowest BCUT2D eigenvalue weighted by Gasteiger charge is -2.33. The SMILES string of the molecule is Fc1cc(N2c3ccccc3Sc3ccccc32)c(F)cc1-c1ccc2c(c1)Nc1ccccc1S2. The lowest BCUT2D eigenvalue weighted by molar-refractivity contribution is 0.604. The zero-order valence-electron chi connectivity index (χ0n) is 18.8. The summed E-state index contributed by atoms with van der Waals surface area (Å²) in [6.07, 6.45) is 0. The van der Waals surface area contributed by atoms with Crippen LogP contribution in [0.3, 0.4) is 0 Å². The number of rotatable bonds is 2. The summed E-state index contributed by atoms with van der Waals surface area (Å²) in [4.78, 5) is 6.00. The number of nitrogens with zero attached hydrogens (tertiary/aromatic N) is 1. The van der Waals surface area contributed by atoms with Crippen molar-refractivity contribution in [1.82, 2.24) is 0 Å². The minimum Gasteiger partial charge on any atom is -0.354 e. The Kier molecular flexibility index (Phi) is 5.04. The van der Waals surface area contributed by atoms with Crippen molar-refractivity contribution in [2.75, 3.05) is 10.2 Å². The van der Waals surface area contributed by atoms with Gasteiger partial charge in [0.15, 0.2) is 0 Å². The van der Waals surface area contributed by atoms with Crippen LogP contribution in [0.4, 0.5) is 37.2 Å². The van der Waals surface area contributed by atoms with Crippen LogP contribution in [0.2, 0.25) is 0 Å². The lowest BCUT2D eigenvalue weighted by atomic mass is 10.0. The van der Waals surface area contributed by atoms with Gasteiger partial charge >= 0.3 is 0 Å². The van der Waals surface area contributed by atoms with Crippen molar-refractivity contribution >= 4 is 52.0 Å². The molecule has 0 atom stereocenters. The van der Waals surface area contributed by atoms with Crippen LogP contribution >= 0.6 is 23.5 Å². The van der Waals surface area contributed by atoms with Gasteiger partial charge in [0, 0.05) is 31.2 Å². The average molecular weight is 509 g/mol. The molecule has 0 radical (unpaired) electrons. The Morgan fingerprint density at radius 3 is 1.89 bits per heavy atom. The second kappa shape index (κ2) is 8.43. The molecule has 6 heteroatoms. The molecule has 0 saturated heterocycles. The first-order valence-electron chi connectivity index (χ1n) is 11.5. The van der Waals surface area contributed by atoms with E-state index in [0.29, 0.717) is 5.56 Å². The minimum atomic E-state index is -0.478. The molecule has 0 amide bonds. The zero-order chi connectivity index (χ0) is 24.2. The van der Waals surface area contributed by atoms with Gasteiger partial charge < -0.3 is 10.2 Å². The number of hydrogen-bond acceptors (Lipinski definition) is 4. The molecular formula is C30H18F2N2S2. The van der Waals surface area contributed by atoms with Crippen molar-refractivity contribution < 1.29 is 8.78 Å². The standard InChI is InChI=1S/C30H18F2N2S2/c31-20-17-26(34-24-8-2-5-11-29(24)36-30-12-6-3-9-25(30)34)21(32)16-19(20)18-13-14-28-23(15-18)33-22-7-1-4-10-27(22)35-28/h1-17,33H. The van der Waals surface area contributed by atoms with E-state index in [9.17, 15) is 0 Å². The number of nitrogens with one attached hydrogen (secondary N) is 1. The van der Waals surface area contributed by atoms with Crippen molar-refractivity contribution in [2.45, 2.75) is 19.6 Å². The number of fused-ring (bicyclic) bond motifs is 4. The maximum atomic E-state index is 15.8. The Morgan fingerprint density at radius 1 is 0.528 bits per heavy atom. The molecule has 0 bridgehead atoms. The first-order chi connectivity index (χ1) is 17.7. The Bertz CT molecular complexity index is 1620. The van der Waals surface area contributed by atoms with Gasteiger partial charge in [-0.25, -0.2) is 8.78 Å². The fourth-order valence-corrected chi connectivity index (χ4v) is 6.73. The molecule has 2 aliphatic heterocycles. The average Bonchev–Trinajstić information content (AvgIpc) is 2.91. The molecule has 5 aromatic carbocycles. The van der Waals surface area contributed by atoms with Crippen molar-refractivity contribution in [1.29, 1.82) is 0 Å². The Hall–Kier alpha value is -3.74. The smallest absolute Gasteiger partial charge is 0.148 e. The van der Waals surface area contributed by atoms with Crippen LogP contribution < -0.4 is 10.2 Å². The van der Waals surface area contributed by atoms with Gasteiger partial charge in [-0.15, -0.1) is 0 Å². The Morgan fingerprint density at radius 2 is 1.14 bits per heavy atom. The molecule has 2 nitrogen and oxygen atoms in total. The normalized spacial score (nSPS) is 13.2. The summed E-state index contributed by atoms with van der Waals surface area (Å²) in [6.45, 7) is 0. The summed E-state index contributed by atoms with van der Waals surface area (Å²) >= 11 is 3.30. The lowest BCUT2D eigenvalue weighted by Crippen LogP contribution is -2.16. The van der Waals surface area contributed by atoms with Gasteiger partial charge in [-0.05, 0) is 60.2 Å². The number of para-hydroxylation sites is 3. The molecule has 0 unspecified atom stereocenters. The van der Waals surface area contributed by atoms with Gasteiger partial charge in [0.2, 0.25) is 0 Å². The Labute approximate surface area is 216 Å². The highest BCUT2D eigenvalue weighted by molar-refractivity contribution is 8.00. The van der Waals surface area contributed by atoms with E-state index in [1.807, 2.05) is 89.8 Å². The molecule has 0 aromatic heterocycles. The molecule has 1 N–H and O–H groups in total. The fraction of sp³-hybridized carbons (Fsp3) is 0. The van der Waals surface area contributed by atoms with Crippen molar-refractivity contribution in [3.8, 4) is 11.1 Å². The highest BCUT2D eigenvalue weighted by Gasteiger charge is 2.27. The summed E-state index contributed by atoms with van der Waals surface area (Å²) in [5.74, 6) is -0.947. The molecule has 0 aliphatic carbocycles. The van der Waals surface area contributed by atoms with E-state index < -0.39 is 11.6 Å². The number of anilines is 5. The summed E-state index contributed by atoms with van der Waals surface area (Å²) in [6, 6.07) is 32.0. The third-order valence-electron chi connectivity index (χ3n) is 6.38. The maximum absolute atomic E-state index is 15.8. The molecular weight excluding hydrogens is 490 g/mol. The third-order valence-corrected chi connectivity index (χ3v) is 8.66. The topological polar surface area (TPSA) is 15.3 Å². The molecule has 0 spiro atoms. The number of hydrogen-bond donors (Lipinski definition) is 1. The van der Waals surface area contributed by atoms with Gasteiger partial charge in [-0.2, -0.15) is 0 Å². The van der Waals surface area contributed by atoms with Crippen molar-refractivity contribution in [2.24, 2.45) is 0 Å². The molecule has 5 aromatic rings. The quantitative estimate of drug-likeness (QED) is 0.250. The van der Waals surface area contributed by atoms with Crippen LogP contribution in [-0.4, -0.2) is 0 Å². The maximum Gasteiger partial charge on any atom is 0.148 e. The van der Waals surface area contributed by atoms with E-state index in [4.69, 9.17) is 0 Å². The van der Waals surface area contributed by atoms with Crippen LogP contribution in [0.25, 0.3) is 11.1 Å². The van der Waals surface area contributed by atoms with Gasteiger partial charge in [0.05, 0.1) is 28.4 Å². The Balaban J connectivity index is 1.32. The second-order valence-electron chi connectivity index (χ2n) is 8.59. The van der Waals surface area contributed by atoms with Crippen molar-refractivity contribution in [3.05, 3.63) is 115 Å². The number of benzene rings is 5. The van der Waals surface area contributed by atoms with Crippen LogP contribution in [0.1, 0.15) is 0 Å². The highest BCUT2D eigenvalue weighted by Crippen LogP contribution is 2.52. The van der Waals surface area contributed by atoms with Crippen LogP contribution in [0.5, 0.6) is 0 Å². The van der Waals surface area contributed by atoms with Gasteiger partial charge in [0.1, 0.15) is 11.6 Å². The van der Waals surface area contributed by atoms with Crippen LogP contribution in [-0.2, 0) is 0 Å². The molecule has 36 heavy (non-hydrogen) atoms. The van der Waals surface area contributed by atoms with E-state index >= 15 is 8.78 Å². The largest absolute Gasteiger partial charge is 0.354 e. The van der Waals surface area contributed by atoms with Crippen LogP contribution in [0, 0.1) is 11.6 Å². The van der Waals surface area contributed by atoms with E-state index in [1.54, 1.807) is 23.5 Å². The first-order valence-corrected chi connectivity index (χ1v) is 13.1. The predicted octanol–water partition coefficient (Wildman–Crippen LogP) is 9.77. The zero-order valence-corrected chi connectivity index (χ0v) is 20.5. The van der Waals surface area contributed by atoms with Crippen LogP contribution in [0.15, 0.2) is 123 Å². The number of halogens is 2. The second-order valence-corrected chi connectivity index (χ2v) is 10.8. The highest BCUT2D eigenvalue weighted by atomic mass is 32.2. The summed E-state index contributed by atoms with van der Waals surface area (Å²) in [7, 11) is 0. The molecule has 2 aliphatic rings. The molecule has 2 heterocycles. The van der Waals surface area contributed by atoms with Gasteiger partial charge in [-0.1, -0.05) is 66.0 Å².